The minimum absolute atomic E-state index is 0.0488. The van der Waals surface area contributed by atoms with Gasteiger partial charge in [0.05, 0.1) is 18.3 Å². The Balaban J connectivity index is 2.17. The minimum atomic E-state index is -0.560. The molecule has 1 saturated carbocycles. The van der Waals surface area contributed by atoms with E-state index in [9.17, 15) is 9.90 Å². The molecule has 1 aliphatic carbocycles. The third-order valence-electron chi connectivity index (χ3n) is 3.93. The van der Waals surface area contributed by atoms with Crippen LogP contribution >= 0.6 is 0 Å². The lowest BCUT2D eigenvalue weighted by atomic mass is 9.64. The van der Waals surface area contributed by atoms with E-state index in [4.69, 9.17) is 0 Å². The number of rotatable bonds is 3. The molecular weight excluding hydrogens is 254 g/mol. The summed E-state index contributed by atoms with van der Waals surface area (Å²) in [6, 6.07) is 0. The van der Waals surface area contributed by atoms with Crippen molar-refractivity contribution in [3.05, 3.63) is 24.3 Å². The van der Waals surface area contributed by atoms with Crippen molar-refractivity contribution in [1.82, 2.24) is 15.3 Å². The Kier molecular flexibility index (Phi) is 4.09. The molecule has 0 aromatic carbocycles. The zero-order valence-corrected chi connectivity index (χ0v) is 12.4. The largest absolute Gasteiger partial charge is 0.394 e. The number of aliphatic hydroxyl groups is 1. The van der Waals surface area contributed by atoms with E-state index in [0.717, 1.165) is 19.3 Å². The van der Waals surface area contributed by atoms with Gasteiger partial charge >= 0.3 is 0 Å². The second-order valence-electron chi connectivity index (χ2n) is 6.84. The van der Waals surface area contributed by atoms with Crippen LogP contribution in [0.5, 0.6) is 0 Å². The van der Waals surface area contributed by atoms with Crippen LogP contribution in [0.4, 0.5) is 0 Å². The van der Waals surface area contributed by atoms with Gasteiger partial charge in [-0.3, -0.25) is 9.78 Å². The second-order valence-corrected chi connectivity index (χ2v) is 6.84. The molecule has 5 nitrogen and oxygen atoms in total. The topological polar surface area (TPSA) is 75.1 Å². The molecule has 0 radical (unpaired) electrons. The molecule has 110 valence electrons. The molecule has 20 heavy (non-hydrogen) atoms. The fourth-order valence-corrected chi connectivity index (χ4v) is 3.72. The molecule has 1 aromatic heterocycles. The van der Waals surface area contributed by atoms with E-state index in [-0.39, 0.29) is 23.6 Å². The molecule has 1 heterocycles. The lowest BCUT2D eigenvalue weighted by Gasteiger charge is -2.47. The van der Waals surface area contributed by atoms with Crippen molar-refractivity contribution in [2.24, 2.45) is 11.3 Å². The Labute approximate surface area is 119 Å². The molecule has 1 aromatic rings. The average Bonchev–Trinajstić information content (AvgIpc) is 2.37. The van der Waals surface area contributed by atoms with Gasteiger partial charge in [-0.25, -0.2) is 4.98 Å². The van der Waals surface area contributed by atoms with Crippen molar-refractivity contribution >= 4 is 5.91 Å². The molecule has 0 unspecified atom stereocenters. The molecule has 2 rings (SSSR count). The molecule has 0 spiro atoms. The monoisotopic (exact) mass is 277 g/mol. The van der Waals surface area contributed by atoms with E-state index in [1.54, 1.807) is 0 Å². The first-order valence-electron chi connectivity index (χ1n) is 7.05. The fourth-order valence-electron chi connectivity index (χ4n) is 3.72. The minimum Gasteiger partial charge on any atom is -0.394 e. The second kappa shape index (κ2) is 5.48. The van der Waals surface area contributed by atoms with Gasteiger partial charge in [0.1, 0.15) is 5.69 Å². The van der Waals surface area contributed by atoms with Gasteiger partial charge in [-0.15, -0.1) is 0 Å². The van der Waals surface area contributed by atoms with E-state index in [1.807, 2.05) is 0 Å². The number of aliphatic hydroxyl groups excluding tert-OH is 1. The third kappa shape index (κ3) is 3.33. The molecule has 5 heteroatoms. The zero-order valence-electron chi connectivity index (χ0n) is 12.4. The van der Waals surface area contributed by atoms with Crippen molar-refractivity contribution < 1.29 is 9.90 Å². The van der Waals surface area contributed by atoms with Gasteiger partial charge in [0, 0.05) is 12.4 Å². The maximum atomic E-state index is 12.3. The van der Waals surface area contributed by atoms with Crippen molar-refractivity contribution in [1.29, 1.82) is 0 Å². The van der Waals surface area contributed by atoms with Crippen LogP contribution in [0.1, 0.15) is 50.5 Å². The lowest BCUT2D eigenvalue weighted by Crippen LogP contribution is -2.57. The molecule has 1 aliphatic rings. The smallest absolute Gasteiger partial charge is 0.271 e. The van der Waals surface area contributed by atoms with Gasteiger partial charge in [0.2, 0.25) is 0 Å². The Morgan fingerprint density at radius 3 is 2.75 bits per heavy atom. The van der Waals surface area contributed by atoms with Crippen LogP contribution < -0.4 is 5.32 Å². The van der Waals surface area contributed by atoms with E-state index < -0.39 is 5.54 Å². The highest BCUT2D eigenvalue weighted by molar-refractivity contribution is 5.92. The number of aromatic nitrogens is 2. The lowest BCUT2D eigenvalue weighted by molar-refractivity contribution is 0.0332. The predicted molar refractivity (Wildman–Crippen MR) is 76.1 cm³/mol. The highest BCUT2D eigenvalue weighted by atomic mass is 16.3. The van der Waals surface area contributed by atoms with Crippen molar-refractivity contribution in [3.63, 3.8) is 0 Å². The summed E-state index contributed by atoms with van der Waals surface area (Å²) in [5, 5.41) is 12.8. The van der Waals surface area contributed by atoms with Crippen molar-refractivity contribution in [2.45, 2.75) is 45.6 Å². The zero-order chi connectivity index (χ0) is 14.8. The van der Waals surface area contributed by atoms with Crippen LogP contribution in [0.3, 0.4) is 0 Å². The van der Waals surface area contributed by atoms with Crippen LogP contribution in [0.2, 0.25) is 0 Å². The van der Waals surface area contributed by atoms with Crippen molar-refractivity contribution in [2.75, 3.05) is 6.61 Å². The first kappa shape index (κ1) is 14.9. The molecule has 1 fully saturated rings. The Hall–Kier alpha value is -1.49. The summed E-state index contributed by atoms with van der Waals surface area (Å²) in [5.41, 5.74) is -0.164. The van der Waals surface area contributed by atoms with Crippen LogP contribution in [0, 0.1) is 11.3 Å². The molecule has 2 atom stereocenters. The number of hydrogen-bond donors (Lipinski definition) is 2. The first-order valence-corrected chi connectivity index (χ1v) is 7.05. The summed E-state index contributed by atoms with van der Waals surface area (Å²) in [5.74, 6) is 0.199. The highest BCUT2D eigenvalue weighted by Crippen LogP contribution is 2.43. The highest BCUT2D eigenvalue weighted by Gasteiger charge is 2.43. The van der Waals surface area contributed by atoms with Gasteiger partial charge in [-0.2, -0.15) is 0 Å². The van der Waals surface area contributed by atoms with Crippen LogP contribution in [-0.4, -0.2) is 33.1 Å². The normalized spacial score (nSPS) is 28.9. The standard InChI is InChI=1S/C15H23N3O2/c1-11-6-14(2,3)9-15(7-11,10-19)18-13(20)12-8-16-4-5-17-12/h4-5,8,11,19H,6-7,9-10H2,1-3H3,(H,18,20)/t11-,15+/m1/s1. The van der Waals surface area contributed by atoms with Gasteiger partial charge in [0.25, 0.3) is 5.91 Å². The summed E-state index contributed by atoms with van der Waals surface area (Å²) in [7, 11) is 0. The number of hydrogen-bond acceptors (Lipinski definition) is 4. The van der Waals surface area contributed by atoms with Gasteiger partial charge in [-0.05, 0) is 30.6 Å². The molecule has 0 saturated heterocycles. The third-order valence-corrected chi connectivity index (χ3v) is 3.93. The maximum Gasteiger partial charge on any atom is 0.271 e. The van der Waals surface area contributed by atoms with Crippen LogP contribution in [-0.2, 0) is 0 Å². The quantitative estimate of drug-likeness (QED) is 0.883. The molecule has 2 N–H and O–H groups in total. The number of carbonyl (C=O) groups excluding carboxylic acids is 1. The number of nitrogens with zero attached hydrogens (tertiary/aromatic N) is 2. The summed E-state index contributed by atoms with van der Waals surface area (Å²) in [6.45, 7) is 6.48. The Bertz CT molecular complexity index is 475. The van der Waals surface area contributed by atoms with E-state index >= 15 is 0 Å². The average molecular weight is 277 g/mol. The Morgan fingerprint density at radius 1 is 1.45 bits per heavy atom. The van der Waals surface area contributed by atoms with Crippen LogP contribution in [0.25, 0.3) is 0 Å². The van der Waals surface area contributed by atoms with Crippen LogP contribution in [0.15, 0.2) is 18.6 Å². The molecule has 0 aliphatic heterocycles. The number of amides is 1. The summed E-state index contributed by atoms with van der Waals surface area (Å²) in [4.78, 5) is 20.2. The SMILES string of the molecule is C[C@@H]1CC(C)(C)C[C@@](CO)(NC(=O)c2cnccn2)C1. The molecule has 1 amide bonds. The summed E-state index contributed by atoms with van der Waals surface area (Å²) in [6.07, 6.45) is 7.14. The predicted octanol–water partition coefficient (Wildman–Crippen LogP) is 1.78. The van der Waals surface area contributed by atoms with E-state index in [0.29, 0.717) is 5.92 Å². The van der Waals surface area contributed by atoms with Crippen molar-refractivity contribution in [3.8, 4) is 0 Å². The molecular formula is C15H23N3O2. The van der Waals surface area contributed by atoms with E-state index in [1.165, 1.54) is 18.6 Å². The van der Waals surface area contributed by atoms with Gasteiger partial charge in [0.15, 0.2) is 0 Å². The summed E-state index contributed by atoms with van der Waals surface area (Å²) < 4.78 is 0. The molecule has 0 bridgehead atoms. The summed E-state index contributed by atoms with van der Waals surface area (Å²) >= 11 is 0. The fraction of sp³-hybridized carbons (Fsp3) is 0.667. The number of carbonyl (C=O) groups is 1. The van der Waals surface area contributed by atoms with Gasteiger partial charge in [-0.1, -0.05) is 20.8 Å². The number of nitrogens with one attached hydrogen (secondary N) is 1. The Morgan fingerprint density at radius 2 is 2.20 bits per heavy atom. The maximum absolute atomic E-state index is 12.3. The van der Waals surface area contributed by atoms with Gasteiger partial charge < -0.3 is 10.4 Å². The first-order chi connectivity index (χ1) is 9.36. The van der Waals surface area contributed by atoms with E-state index in [2.05, 4.69) is 36.1 Å².